The van der Waals surface area contributed by atoms with Gasteiger partial charge in [-0.3, -0.25) is 10.1 Å². The van der Waals surface area contributed by atoms with Gasteiger partial charge in [-0.2, -0.15) is 0 Å². The van der Waals surface area contributed by atoms with Crippen LogP contribution in [0.5, 0.6) is 0 Å². The topological polar surface area (TPSA) is 58.8 Å². The zero-order valence-corrected chi connectivity index (χ0v) is 20.1. The molecule has 0 aromatic heterocycles. The second-order valence-electron chi connectivity index (χ2n) is 8.13. The maximum atomic E-state index is 11.5. The summed E-state index contributed by atoms with van der Waals surface area (Å²) in [5, 5.41) is 11.5. The number of allylic oxidation sites excluding steroid dienone is 2. The third kappa shape index (κ3) is 5.42. The van der Waals surface area contributed by atoms with Crippen LogP contribution in [0.2, 0.25) is 0 Å². The first kappa shape index (κ1) is 23.4. The van der Waals surface area contributed by atoms with Crippen LogP contribution in [-0.4, -0.2) is 49.2 Å². The summed E-state index contributed by atoms with van der Waals surface area (Å²) in [6, 6.07) is 15.8. The van der Waals surface area contributed by atoms with Crippen LogP contribution in [-0.2, 0) is 4.74 Å². The fourth-order valence-corrected chi connectivity index (χ4v) is 5.69. The molecule has 1 saturated heterocycles. The minimum absolute atomic E-state index is 0.167. The van der Waals surface area contributed by atoms with Crippen LogP contribution < -0.4 is 4.90 Å². The van der Waals surface area contributed by atoms with Gasteiger partial charge in [0.2, 0.25) is 0 Å². The number of hydrogen-bond acceptors (Lipinski definition) is 6. The van der Waals surface area contributed by atoms with Crippen LogP contribution in [0.4, 0.5) is 11.4 Å². The summed E-state index contributed by atoms with van der Waals surface area (Å²) in [4.78, 5) is 17.9. The number of morpholine rings is 1. The SMILES string of the molecule is CCN(CC)c1ccc(C=C2CCC(Sc3ccccc3[N+](=O)[O-])=C2N2CCOCC2)cc1. The molecule has 0 spiro atoms. The standard InChI is InChI=1S/C26H31N3O3S/c1-3-27(4-2)22-12-9-20(10-13-22)19-21-11-14-25(26(21)28-15-17-32-18-16-28)33-24-8-6-5-7-23(24)29(30)31/h5-10,12-13,19H,3-4,11,14-18H2,1-2H3. The van der Waals surface area contributed by atoms with E-state index in [-0.39, 0.29) is 10.6 Å². The lowest BCUT2D eigenvalue weighted by molar-refractivity contribution is -0.387. The third-order valence-electron chi connectivity index (χ3n) is 6.17. The molecule has 174 valence electrons. The van der Waals surface area contributed by atoms with E-state index < -0.39 is 0 Å². The molecule has 0 atom stereocenters. The van der Waals surface area contributed by atoms with E-state index in [9.17, 15) is 10.1 Å². The Hall–Kier alpha value is -2.77. The summed E-state index contributed by atoms with van der Waals surface area (Å²) >= 11 is 1.54. The number of hydrogen-bond donors (Lipinski definition) is 0. The molecule has 0 bridgehead atoms. The molecule has 4 rings (SSSR count). The Balaban J connectivity index is 1.67. The van der Waals surface area contributed by atoms with Crippen LogP contribution >= 0.6 is 11.8 Å². The molecule has 2 aromatic rings. The average molecular weight is 466 g/mol. The Labute approximate surface area is 200 Å². The number of nitro benzene ring substituents is 1. The highest BCUT2D eigenvalue weighted by molar-refractivity contribution is 8.03. The van der Waals surface area contributed by atoms with Crippen molar-refractivity contribution in [2.75, 3.05) is 44.3 Å². The van der Waals surface area contributed by atoms with Crippen molar-refractivity contribution in [1.29, 1.82) is 0 Å². The molecular weight excluding hydrogens is 434 g/mol. The zero-order chi connectivity index (χ0) is 23.2. The van der Waals surface area contributed by atoms with Crippen molar-refractivity contribution in [1.82, 2.24) is 4.90 Å². The Morgan fingerprint density at radius 1 is 1.06 bits per heavy atom. The molecule has 1 aliphatic carbocycles. The Bertz CT molecular complexity index is 1040. The number of thioether (sulfide) groups is 1. The number of para-hydroxylation sites is 1. The van der Waals surface area contributed by atoms with Gasteiger partial charge in [0.15, 0.2) is 0 Å². The highest BCUT2D eigenvalue weighted by Gasteiger charge is 2.28. The first-order valence-corrected chi connectivity index (χ1v) is 12.5. The first-order chi connectivity index (χ1) is 16.1. The van der Waals surface area contributed by atoms with Crippen molar-refractivity contribution in [2.45, 2.75) is 31.6 Å². The quantitative estimate of drug-likeness (QED) is 0.354. The van der Waals surface area contributed by atoms with Gasteiger partial charge < -0.3 is 14.5 Å². The van der Waals surface area contributed by atoms with Gasteiger partial charge in [0.1, 0.15) is 0 Å². The van der Waals surface area contributed by atoms with Crippen LogP contribution in [0.1, 0.15) is 32.3 Å². The van der Waals surface area contributed by atoms with E-state index in [0.717, 1.165) is 39.0 Å². The number of benzene rings is 2. The highest BCUT2D eigenvalue weighted by Crippen LogP contribution is 2.45. The average Bonchev–Trinajstić information content (AvgIpc) is 3.23. The fraction of sp³-hybridized carbons (Fsp3) is 0.385. The number of nitro groups is 1. The molecule has 2 aromatic carbocycles. The van der Waals surface area contributed by atoms with Crippen LogP contribution in [0, 0.1) is 10.1 Å². The molecule has 1 aliphatic heterocycles. The molecule has 6 nitrogen and oxygen atoms in total. The molecular formula is C26H31N3O3S. The van der Waals surface area contributed by atoms with Crippen LogP contribution in [0.3, 0.4) is 0 Å². The van der Waals surface area contributed by atoms with E-state index in [1.54, 1.807) is 23.9 Å². The van der Waals surface area contributed by atoms with E-state index in [1.807, 2.05) is 12.1 Å². The minimum Gasteiger partial charge on any atom is -0.378 e. The van der Waals surface area contributed by atoms with Crippen LogP contribution in [0.25, 0.3) is 6.08 Å². The van der Waals surface area contributed by atoms with Gasteiger partial charge in [-0.1, -0.05) is 36.0 Å². The third-order valence-corrected chi connectivity index (χ3v) is 7.38. The van der Waals surface area contributed by atoms with Crippen molar-refractivity contribution < 1.29 is 9.66 Å². The van der Waals surface area contributed by atoms with Gasteiger partial charge in [-0.25, -0.2) is 0 Å². The molecule has 0 saturated carbocycles. The molecule has 1 heterocycles. The van der Waals surface area contributed by atoms with Gasteiger partial charge in [0.25, 0.3) is 5.69 Å². The summed E-state index contributed by atoms with van der Waals surface area (Å²) in [5.41, 5.74) is 5.12. The van der Waals surface area contributed by atoms with Gasteiger partial charge in [-0.15, -0.1) is 0 Å². The van der Waals surface area contributed by atoms with Gasteiger partial charge in [0, 0.05) is 42.8 Å². The molecule has 0 unspecified atom stereocenters. The smallest absolute Gasteiger partial charge is 0.283 e. The van der Waals surface area contributed by atoms with Crippen molar-refractivity contribution >= 4 is 29.2 Å². The van der Waals surface area contributed by atoms with Gasteiger partial charge in [0.05, 0.1) is 28.7 Å². The largest absolute Gasteiger partial charge is 0.378 e. The summed E-state index contributed by atoms with van der Waals surface area (Å²) < 4.78 is 5.59. The monoisotopic (exact) mass is 465 g/mol. The maximum absolute atomic E-state index is 11.5. The summed E-state index contributed by atoms with van der Waals surface area (Å²) in [6.07, 6.45) is 4.12. The second kappa shape index (κ2) is 10.9. The molecule has 0 radical (unpaired) electrons. The molecule has 1 fully saturated rings. The molecule has 33 heavy (non-hydrogen) atoms. The Morgan fingerprint density at radius 2 is 1.76 bits per heavy atom. The highest BCUT2D eigenvalue weighted by atomic mass is 32.2. The van der Waals surface area contributed by atoms with Crippen molar-refractivity contribution in [3.05, 3.63) is 80.4 Å². The number of anilines is 1. The van der Waals surface area contributed by atoms with Crippen LogP contribution in [0.15, 0.2) is 69.6 Å². The molecule has 0 amide bonds. The molecule has 0 N–H and O–H groups in total. The predicted octanol–water partition coefficient (Wildman–Crippen LogP) is 5.95. The zero-order valence-electron chi connectivity index (χ0n) is 19.3. The molecule has 7 heteroatoms. The Morgan fingerprint density at radius 3 is 2.42 bits per heavy atom. The number of ether oxygens (including phenoxy) is 1. The predicted molar refractivity (Wildman–Crippen MR) is 136 cm³/mol. The summed E-state index contributed by atoms with van der Waals surface area (Å²) in [6.45, 7) is 9.43. The van der Waals surface area contributed by atoms with Gasteiger partial charge in [-0.05, 0) is 62.1 Å². The number of rotatable bonds is 8. The van der Waals surface area contributed by atoms with E-state index >= 15 is 0 Å². The Kier molecular flexibility index (Phi) is 7.73. The first-order valence-electron chi connectivity index (χ1n) is 11.6. The lowest BCUT2D eigenvalue weighted by Gasteiger charge is -2.31. The van der Waals surface area contributed by atoms with E-state index in [4.69, 9.17) is 4.74 Å². The maximum Gasteiger partial charge on any atom is 0.283 e. The van der Waals surface area contributed by atoms with Crippen molar-refractivity contribution in [2.24, 2.45) is 0 Å². The van der Waals surface area contributed by atoms with Gasteiger partial charge >= 0.3 is 0 Å². The number of nitrogens with zero attached hydrogens (tertiary/aromatic N) is 3. The van der Waals surface area contributed by atoms with Crippen molar-refractivity contribution in [3.63, 3.8) is 0 Å². The lowest BCUT2D eigenvalue weighted by Crippen LogP contribution is -2.35. The second-order valence-corrected chi connectivity index (χ2v) is 9.27. The summed E-state index contributed by atoms with van der Waals surface area (Å²) in [5.74, 6) is 0. The summed E-state index contributed by atoms with van der Waals surface area (Å²) in [7, 11) is 0. The normalized spacial score (nSPS) is 17.6. The van der Waals surface area contributed by atoms with E-state index in [2.05, 4.69) is 54.0 Å². The lowest BCUT2D eigenvalue weighted by atomic mass is 10.1. The van der Waals surface area contributed by atoms with Crippen molar-refractivity contribution in [3.8, 4) is 0 Å². The minimum atomic E-state index is -0.291. The molecule has 2 aliphatic rings. The fourth-order valence-electron chi connectivity index (χ4n) is 4.47. The van der Waals surface area contributed by atoms with E-state index in [1.165, 1.54) is 27.4 Å². The van der Waals surface area contributed by atoms with E-state index in [0.29, 0.717) is 18.1 Å².